The summed E-state index contributed by atoms with van der Waals surface area (Å²) in [5, 5.41) is 7.20. The highest BCUT2D eigenvalue weighted by atomic mass is 32.2. The van der Waals surface area contributed by atoms with Gasteiger partial charge in [0.15, 0.2) is 15.1 Å². The number of nitrogens with zero attached hydrogens (tertiary/aromatic N) is 1. The van der Waals surface area contributed by atoms with Crippen LogP contribution in [0.5, 0.6) is 0 Å². The van der Waals surface area contributed by atoms with Gasteiger partial charge in [0.2, 0.25) is 0 Å². The van der Waals surface area contributed by atoms with Gasteiger partial charge in [-0.05, 0) is 0 Å². The van der Waals surface area contributed by atoms with Gasteiger partial charge in [0.25, 0.3) is 0 Å². The average molecular weight is 263 g/mol. The highest BCUT2D eigenvalue weighted by Crippen LogP contribution is 2.13. The molecule has 0 aromatic heterocycles. The maximum Gasteiger partial charge on any atom is 0.410 e. The van der Waals surface area contributed by atoms with Crippen LogP contribution in [-0.4, -0.2) is 61.2 Å². The lowest BCUT2D eigenvalue weighted by Gasteiger charge is -2.29. The van der Waals surface area contributed by atoms with E-state index in [1.54, 1.807) is 0 Å². The Morgan fingerprint density at radius 2 is 2.18 bits per heavy atom. The van der Waals surface area contributed by atoms with Crippen molar-refractivity contribution < 1.29 is 27.9 Å². The molecule has 1 fully saturated rings. The largest absolute Gasteiger partial charge is 0.480 e. The average Bonchev–Trinajstić information content (AvgIpc) is 2.25. The van der Waals surface area contributed by atoms with E-state index in [9.17, 15) is 18.0 Å². The van der Waals surface area contributed by atoms with E-state index in [1.807, 2.05) is 0 Å². The number of ether oxygens (including phenoxy) is 1. The lowest BCUT2D eigenvalue weighted by atomic mass is 10.4. The van der Waals surface area contributed by atoms with Crippen molar-refractivity contribution in [2.45, 2.75) is 5.25 Å². The molecule has 0 radical (unpaired) electrons. The Morgan fingerprint density at radius 3 is 2.71 bits per heavy atom. The molecule has 1 aliphatic heterocycles. The molecule has 0 saturated carbocycles. The van der Waals surface area contributed by atoms with Crippen molar-refractivity contribution in [2.75, 3.05) is 25.4 Å². The third-order valence-corrected chi connectivity index (χ3v) is 4.29. The predicted octanol–water partition coefficient (Wildman–Crippen LogP) is -0.507. The van der Waals surface area contributed by atoms with Crippen molar-refractivity contribution in [3.8, 4) is 0 Å². The molecule has 7 nitrogen and oxygen atoms in total. The smallest absolute Gasteiger partial charge is 0.410 e. The van der Waals surface area contributed by atoms with Gasteiger partial charge in [-0.15, -0.1) is 0 Å². The van der Waals surface area contributed by atoms with E-state index < -0.39 is 27.1 Å². The molecule has 1 amide bonds. The van der Waals surface area contributed by atoms with E-state index in [1.165, 1.54) is 6.08 Å². The van der Waals surface area contributed by atoms with E-state index in [-0.39, 0.29) is 25.4 Å². The first-order valence-electron chi connectivity index (χ1n) is 4.85. The number of carbonyl (C=O) groups is 2. The zero-order valence-electron chi connectivity index (χ0n) is 9.03. The predicted molar refractivity (Wildman–Crippen MR) is 58.3 cm³/mol. The Bertz CT molecular complexity index is 429. The summed E-state index contributed by atoms with van der Waals surface area (Å²) in [7, 11) is -3.68. The van der Waals surface area contributed by atoms with Crippen molar-refractivity contribution in [2.24, 2.45) is 0 Å². The number of hydrogen-bond acceptors (Lipinski definition) is 5. The minimum atomic E-state index is -3.68. The standard InChI is InChI=1S/C9H13NO6S/c1-2-4-16-9(13)10-3-5-17(14,15)7(6-10)8(11)12/h2,7H,1,3-6H2,(H,11,12). The van der Waals surface area contributed by atoms with Gasteiger partial charge in [-0.3, -0.25) is 4.79 Å². The van der Waals surface area contributed by atoms with Gasteiger partial charge in [-0.25, -0.2) is 13.2 Å². The second-order valence-corrected chi connectivity index (χ2v) is 5.81. The van der Waals surface area contributed by atoms with Crippen LogP contribution in [0.1, 0.15) is 0 Å². The summed E-state index contributed by atoms with van der Waals surface area (Å²) >= 11 is 0. The summed E-state index contributed by atoms with van der Waals surface area (Å²) in [6.45, 7) is 2.92. The number of carbonyl (C=O) groups excluding carboxylic acids is 1. The minimum absolute atomic E-state index is 0.000177. The Kier molecular flexibility index (Phi) is 4.11. The van der Waals surface area contributed by atoms with Gasteiger partial charge in [-0.2, -0.15) is 0 Å². The Hall–Kier alpha value is -1.57. The highest BCUT2D eigenvalue weighted by molar-refractivity contribution is 7.92. The maximum atomic E-state index is 11.4. The minimum Gasteiger partial charge on any atom is -0.480 e. The van der Waals surface area contributed by atoms with Gasteiger partial charge in [0.1, 0.15) is 6.61 Å². The molecule has 1 saturated heterocycles. The first kappa shape index (κ1) is 13.5. The third kappa shape index (κ3) is 3.19. The zero-order valence-corrected chi connectivity index (χ0v) is 9.85. The van der Waals surface area contributed by atoms with Crippen LogP contribution in [0.25, 0.3) is 0 Å². The Labute approximate surface area is 98.6 Å². The number of rotatable bonds is 3. The SMILES string of the molecule is C=CCOC(=O)N1CCS(=O)(=O)C(C(=O)O)C1. The van der Waals surface area contributed by atoms with E-state index in [2.05, 4.69) is 6.58 Å². The molecule has 1 rings (SSSR count). The maximum absolute atomic E-state index is 11.4. The molecule has 8 heteroatoms. The second-order valence-electron chi connectivity index (χ2n) is 3.51. The summed E-state index contributed by atoms with van der Waals surface area (Å²) in [6.07, 6.45) is 0.638. The van der Waals surface area contributed by atoms with Crippen LogP contribution in [0.3, 0.4) is 0 Å². The van der Waals surface area contributed by atoms with Crippen LogP contribution in [0, 0.1) is 0 Å². The molecule has 1 unspecified atom stereocenters. The number of amides is 1. The van der Waals surface area contributed by atoms with Gasteiger partial charge in [-0.1, -0.05) is 12.7 Å². The molecule has 0 aromatic rings. The number of hydrogen-bond donors (Lipinski definition) is 1. The fraction of sp³-hybridized carbons (Fsp3) is 0.556. The van der Waals surface area contributed by atoms with E-state index in [0.29, 0.717) is 0 Å². The first-order valence-corrected chi connectivity index (χ1v) is 6.57. The van der Waals surface area contributed by atoms with Gasteiger partial charge in [0.05, 0.1) is 12.3 Å². The molecule has 0 aliphatic carbocycles. The van der Waals surface area contributed by atoms with Crippen LogP contribution in [0.15, 0.2) is 12.7 Å². The topological polar surface area (TPSA) is 101 Å². The fourth-order valence-electron chi connectivity index (χ4n) is 1.40. The molecule has 0 bridgehead atoms. The lowest BCUT2D eigenvalue weighted by Crippen LogP contribution is -2.52. The molecule has 1 atom stereocenters. The van der Waals surface area contributed by atoms with Crippen molar-refractivity contribution in [3.05, 3.63) is 12.7 Å². The molecular formula is C9H13NO6S. The van der Waals surface area contributed by atoms with Crippen LogP contribution in [0.4, 0.5) is 4.79 Å². The molecule has 1 N–H and O–H groups in total. The van der Waals surface area contributed by atoms with Crippen LogP contribution in [0.2, 0.25) is 0 Å². The number of carboxylic acid groups (broad SMARTS) is 1. The molecular weight excluding hydrogens is 250 g/mol. The first-order chi connectivity index (χ1) is 7.88. The monoisotopic (exact) mass is 263 g/mol. The van der Waals surface area contributed by atoms with E-state index in [4.69, 9.17) is 9.84 Å². The Morgan fingerprint density at radius 1 is 1.53 bits per heavy atom. The zero-order chi connectivity index (χ0) is 13.1. The molecule has 1 heterocycles. The molecule has 0 aromatic carbocycles. The summed E-state index contributed by atoms with van der Waals surface area (Å²) in [5.74, 6) is -1.82. The van der Waals surface area contributed by atoms with Crippen molar-refractivity contribution in [1.82, 2.24) is 4.90 Å². The Balaban J connectivity index is 2.72. The molecule has 0 spiro atoms. The second kappa shape index (κ2) is 5.17. The summed E-state index contributed by atoms with van der Waals surface area (Å²) in [4.78, 5) is 23.3. The molecule has 1 aliphatic rings. The van der Waals surface area contributed by atoms with Gasteiger partial charge in [0, 0.05) is 6.54 Å². The number of carboxylic acids is 1. The summed E-state index contributed by atoms with van der Waals surface area (Å²) < 4.78 is 27.6. The summed E-state index contributed by atoms with van der Waals surface area (Å²) in [5.41, 5.74) is 0. The molecule has 96 valence electrons. The fourth-order valence-corrected chi connectivity index (χ4v) is 2.88. The summed E-state index contributed by atoms with van der Waals surface area (Å²) in [6, 6.07) is 0. The lowest BCUT2D eigenvalue weighted by molar-refractivity contribution is -0.136. The van der Waals surface area contributed by atoms with Crippen molar-refractivity contribution in [3.63, 3.8) is 0 Å². The van der Waals surface area contributed by atoms with Crippen molar-refractivity contribution in [1.29, 1.82) is 0 Å². The highest BCUT2D eigenvalue weighted by Gasteiger charge is 2.40. The van der Waals surface area contributed by atoms with E-state index in [0.717, 1.165) is 4.90 Å². The number of aliphatic carboxylic acids is 1. The van der Waals surface area contributed by atoms with Gasteiger partial charge >= 0.3 is 12.1 Å². The third-order valence-electron chi connectivity index (χ3n) is 2.32. The van der Waals surface area contributed by atoms with Crippen LogP contribution < -0.4 is 0 Å². The van der Waals surface area contributed by atoms with Crippen LogP contribution in [-0.2, 0) is 19.4 Å². The normalized spacial score (nSPS) is 22.8. The molecule has 17 heavy (non-hydrogen) atoms. The van der Waals surface area contributed by atoms with Gasteiger partial charge < -0.3 is 14.7 Å². The van der Waals surface area contributed by atoms with Crippen LogP contribution >= 0.6 is 0 Å². The quantitative estimate of drug-likeness (QED) is 0.688. The number of sulfone groups is 1. The van der Waals surface area contributed by atoms with Crippen molar-refractivity contribution >= 4 is 21.9 Å². The van der Waals surface area contributed by atoms with E-state index >= 15 is 0 Å².